The molecule has 2 heterocycles. The zero-order valence-electron chi connectivity index (χ0n) is 14.0. The van der Waals surface area contributed by atoms with Crippen LogP contribution in [0.4, 0.5) is 5.69 Å². The van der Waals surface area contributed by atoms with Crippen LogP contribution in [-0.2, 0) is 27.7 Å². The summed E-state index contributed by atoms with van der Waals surface area (Å²) in [6.45, 7) is 2.87. The van der Waals surface area contributed by atoms with Crippen LogP contribution >= 0.6 is 0 Å². The number of carbonyl (C=O) groups is 1. The van der Waals surface area contributed by atoms with Gasteiger partial charge in [0.2, 0.25) is 15.9 Å². The minimum atomic E-state index is -3.54. The molecular formula is C18H24N2O3S. The molecule has 2 aliphatic heterocycles. The molecule has 130 valence electrons. The summed E-state index contributed by atoms with van der Waals surface area (Å²) in [6.07, 6.45) is 6.31. The van der Waals surface area contributed by atoms with Crippen LogP contribution in [0.2, 0.25) is 0 Å². The lowest BCUT2D eigenvalue weighted by Crippen LogP contribution is -2.41. The van der Waals surface area contributed by atoms with Crippen LogP contribution in [0.25, 0.3) is 0 Å². The number of hydrogen-bond acceptors (Lipinski definition) is 3. The Balaban J connectivity index is 1.67. The van der Waals surface area contributed by atoms with Crippen molar-refractivity contribution in [1.82, 2.24) is 4.72 Å². The monoisotopic (exact) mass is 348 g/mol. The Hall–Kier alpha value is -1.40. The molecule has 24 heavy (non-hydrogen) atoms. The van der Waals surface area contributed by atoms with Crippen LogP contribution in [0, 0.1) is 5.92 Å². The lowest BCUT2D eigenvalue weighted by atomic mass is 9.87. The van der Waals surface area contributed by atoms with Crippen molar-refractivity contribution in [3.8, 4) is 0 Å². The van der Waals surface area contributed by atoms with Gasteiger partial charge in [0.1, 0.15) is 0 Å². The summed E-state index contributed by atoms with van der Waals surface area (Å²) in [5.41, 5.74) is 2.84. The Labute approximate surface area is 143 Å². The standard InChI is InChI=1S/C18H24N2O3S/c1-12-5-2-3-7-16(12)19-24(22,23)15-9-13-6-4-8-20-17(21)11-14(10-15)18(13)20/h9-10,12,16,19H,2-8,11H2,1H3/t12-,16+/m1/s1. The number of nitrogens with zero attached hydrogens (tertiary/aromatic N) is 1. The van der Waals surface area contributed by atoms with Gasteiger partial charge in [-0.3, -0.25) is 4.79 Å². The first-order chi connectivity index (χ1) is 11.5. The molecule has 0 spiro atoms. The third-order valence-corrected chi connectivity index (χ3v) is 7.18. The Kier molecular flexibility index (Phi) is 3.92. The molecule has 3 aliphatic rings. The molecular weight excluding hydrogens is 324 g/mol. The minimum absolute atomic E-state index is 0.0199. The summed E-state index contributed by atoms with van der Waals surface area (Å²) in [4.78, 5) is 14.3. The van der Waals surface area contributed by atoms with E-state index in [1.165, 1.54) is 6.42 Å². The van der Waals surface area contributed by atoms with Crippen molar-refractivity contribution >= 4 is 21.6 Å². The molecule has 5 nitrogen and oxygen atoms in total. The number of amides is 1. The molecule has 1 aromatic carbocycles. The minimum Gasteiger partial charge on any atom is -0.312 e. The average molecular weight is 348 g/mol. The van der Waals surface area contributed by atoms with Gasteiger partial charge in [0.05, 0.1) is 17.0 Å². The number of benzene rings is 1. The maximum atomic E-state index is 12.9. The maximum Gasteiger partial charge on any atom is 0.240 e. The van der Waals surface area contributed by atoms with Crippen molar-refractivity contribution in [1.29, 1.82) is 0 Å². The largest absolute Gasteiger partial charge is 0.312 e. The van der Waals surface area contributed by atoms with Gasteiger partial charge in [-0.2, -0.15) is 0 Å². The van der Waals surface area contributed by atoms with Crippen LogP contribution in [0.1, 0.15) is 50.2 Å². The first-order valence-corrected chi connectivity index (χ1v) is 10.4. The van der Waals surface area contributed by atoms with E-state index in [9.17, 15) is 13.2 Å². The SMILES string of the molecule is C[C@@H]1CCCC[C@@H]1NS(=O)(=O)c1cc2c3c(c1)CC(=O)N3CCC2. The van der Waals surface area contributed by atoms with Gasteiger partial charge >= 0.3 is 0 Å². The van der Waals surface area contributed by atoms with Crippen LogP contribution in [0.5, 0.6) is 0 Å². The highest BCUT2D eigenvalue weighted by Crippen LogP contribution is 2.38. The van der Waals surface area contributed by atoms with E-state index in [2.05, 4.69) is 11.6 Å². The summed E-state index contributed by atoms with van der Waals surface area (Å²) in [6, 6.07) is 3.50. The summed E-state index contributed by atoms with van der Waals surface area (Å²) in [7, 11) is -3.54. The second kappa shape index (κ2) is 5.85. The average Bonchev–Trinajstić information content (AvgIpc) is 2.87. The van der Waals surface area contributed by atoms with Gasteiger partial charge in [0.15, 0.2) is 0 Å². The van der Waals surface area contributed by atoms with E-state index in [0.29, 0.717) is 17.2 Å². The van der Waals surface area contributed by atoms with E-state index >= 15 is 0 Å². The predicted octanol–water partition coefficient (Wildman–Crippen LogP) is 2.38. The number of anilines is 1. The van der Waals surface area contributed by atoms with Gasteiger partial charge in [0.25, 0.3) is 0 Å². The maximum absolute atomic E-state index is 12.9. The van der Waals surface area contributed by atoms with E-state index < -0.39 is 10.0 Å². The van der Waals surface area contributed by atoms with E-state index in [4.69, 9.17) is 0 Å². The lowest BCUT2D eigenvalue weighted by Gasteiger charge is -2.30. The van der Waals surface area contributed by atoms with E-state index in [0.717, 1.165) is 55.5 Å². The number of rotatable bonds is 3. The van der Waals surface area contributed by atoms with Gasteiger partial charge in [-0.05, 0) is 54.9 Å². The molecule has 0 aromatic heterocycles. The Morgan fingerprint density at radius 2 is 1.88 bits per heavy atom. The third-order valence-electron chi connectivity index (χ3n) is 5.71. The summed E-state index contributed by atoms with van der Waals surface area (Å²) in [5, 5.41) is 0. The first kappa shape index (κ1) is 16.1. The molecule has 1 aliphatic carbocycles. The first-order valence-electron chi connectivity index (χ1n) is 8.94. The zero-order valence-corrected chi connectivity index (χ0v) is 14.9. The molecule has 0 bridgehead atoms. The van der Waals surface area contributed by atoms with Gasteiger partial charge < -0.3 is 4.90 Å². The summed E-state index contributed by atoms with van der Waals surface area (Å²) in [5.74, 6) is 0.465. The zero-order chi connectivity index (χ0) is 16.9. The quantitative estimate of drug-likeness (QED) is 0.912. The van der Waals surface area contributed by atoms with Crippen molar-refractivity contribution in [3.63, 3.8) is 0 Å². The van der Waals surface area contributed by atoms with E-state index in [1.807, 2.05) is 4.90 Å². The Morgan fingerprint density at radius 3 is 2.67 bits per heavy atom. The van der Waals surface area contributed by atoms with Crippen molar-refractivity contribution in [2.45, 2.75) is 62.8 Å². The molecule has 0 unspecified atom stereocenters. The molecule has 1 saturated carbocycles. The molecule has 1 N–H and O–H groups in total. The molecule has 0 radical (unpaired) electrons. The van der Waals surface area contributed by atoms with Crippen LogP contribution in [0.15, 0.2) is 17.0 Å². The molecule has 0 saturated heterocycles. The van der Waals surface area contributed by atoms with Crippen LogP contribution in [-0.4, -0.2) is 26.9 Å². The predicted molar refractivity (Wildman–Crippen MR) is 92.6 cm³/mol. The molecule has 4 rings (SSSR count). The number of sulfonamides is 1. The highest BCUT2D eigenvalue weighted by Gasteiger charge is 2.34. The van der Waals surface area contributed by atoms with Gasteiger partial charge in [-0.15, -0.1) is 0 Å². The normalized spacial score (nSPS) is 26.5. The van der Waals surface area contributed by atoms with Gasteiger partial charge in [-0.25, -0.2) is 13.1 Å². The number of aryl methyl sites for hydroxylation is 1. The third kappa shape index (κ3) is 2.65. The second-order valence-corrected chi connectivity index (χ2v) is 9.12. The van der Waals surface area contributed by atoms with Crippen LogP contribution in [0.3, 0.4) is 0 Å². The van der Waals surface area contributed by atoms with Crippen molar-refractivity contribution in [2.75, 3.05) is 11.4 Å². The number of carbonyl (C=O) groups excluding carboxylic acids is 1. The topological polar surface area (TPSA) is 66.5 Å². The molecule has 2 atom stereocenters. The van der Waals surface area contributed by atoms with Crippen molar-refractivity contribution < 1.29 is 13.2 Å². The lowest BCUT2D eigenvalue weighted by molar-refractivity contribution is -0.117. The summed E-state index contributed by atoms with van der Waals surface area (Å²) >= 11 is 0. The number of nitrogens with one attached hydrogen (secondary N) is 1. The number of hydrogen-bond donors (Lipinski definition) is 1. The van der Waals surface area contributed by atoms with Crippen molar-refractivity contribution in [3.05, 3.63) is 23.3 Å². The molecule has 1 amide bonds. The fraction of sp³-hybridized carbons (Fsp3) is 0.611. The fourth-order valence-corrected chi connectivity index (χ4v) is 5.84. The van der Waals surface area contributed by atoms with E-state index in [-0.39, 0.29) is 11.9 Å². The van der Waals surface area contributed by atoms with Crippen LogP contribution < -0.4 is 9.62 Å². The highest BCUT2D eigenvalue weighted by atomic mass is 32.2. The second-order valence-electron chi connectivity index (χ2n) is 7.41. The smallest absolute Gasteiger partial charge is 0.240 e. The van der Waals surface area contributed by atoms with Crippen molar-refractivity contribution in [2.24, 2.45) is 5.92 Å². The van der Waals surface area contributed by atoms with Gasteiger partial charge in [0, 0.05) is 12.6 Å². The van der Waals surface area contributed by atoms with E-state index in [1.54, 1.807) is 12.1 Å². The van der Waals surface area contributed by atoms with Gasteiger partial charge in [-0.1, -0.05) is 19.8 Å². The molecule has 6 heteroatoms. The molecule has 1 fully saturated rings. The molecule has 1 aromatic rings. The Bertz CT molecular complexity index is 788. The fourth-order valence-electron chi connectivity index (χ4n) is 4.36. The Morgan fingerprint density at radius 1 is 1.12 bits per heavy atom. The highest BCUT2D eigenvalue weighted by molar-refractivity contribution is 7.89. The summed E-state index contributed by atoms with van der Waals surface area (Å²) < 4.78 is 28.7.